The lowest BCUT2D eigenvalue weighted by Crippen LogP contribution is -2.50. The van der Waals surface area contributed by atoms with Gasteiger partial charge in [0.15, 0.2) is 0 Å². The van der Waals surface area contributed by atoms with Crippen LogP contribution < -0.4 is 5.32 Å². The van der Waals surface area contributed by atoms with Gasteiger partial charge in [0.2, 0.25) is 5.91 Å². The fourth-order valence-electron chi connectivity index (χ4n) is 3.38. The molecule has 1 aliphatic rings. The van der Waals surface area contributed by atoms with Crippen LogP contribution in [0.4, 0.5) is 4.79 Å². The third-order valence-corrected chi connectivity index (χ3v) is 5.55. The van der Waals surface area contributed by atoms with Gasteiger partial charge in [0.05, 0.1) is 0 Å². The fraction of sp³-hybridized carbons (Fsp3) is 0.600. The SMILES string of the molecule is CCC(CC)C(=O)N1CCC(NC(=O)N(C)Cc2ccccc2Cl)CC1. The van der Waals surface area contributed by atoms with Crippen molar-refractivity contribution in [3.05, 3.63) is 34.9 Å². The lowest BCUT2D eigenvalue weighted by atomic mass is 9.98. The molecule has 26 heavy (non-hydrogen) atoms. The number of benzene rings is 1. The van der Waals surface area contributed by atoms with Crippen molar-refractivity contribution in [1.82, 2.24) is 15.1 Å². The summed E-state index contributed by atoms with van der Waals surface area (Å²) in [5.74, 6) is 0.388. The quantitative estimate of drug-likeness (QED) is 0.814. The van der Waals surface area contributed by atoms with Crippen LogP contribution in [0.25, 0.3) is 0 Å². The lowest BCUT2D eigenvalue weighted by Gasteiger charge is -2.35. The minimum Gasteiger partial charge on any atom is -0.342 e. The van der Waals surface area contributed by atoms with Crippen LogP contribution in [0.3, 0.4) is 0 Å². The molecule has 1 aromatic carbocycles. The zero-order valence-electron chi connectivity index (χ0n) is 16.0. The highest BCUT2D eigenvalue weighted by Crippen LogP contribution is 2.19. The van der Waals surface area contributed by atoms with E-state index >= 15 is 0 Å². The van der Waals surface area contributed by atoms with Gasteiger partial charge in [-0.15, -0.1) is 0 Å². The summed E-state index contributed by atoms with van der Waals surface area (Å²) in [6.07, 6.45) is 3.38. The number of carbonyl (C=O) groups is 2. The average Bonchev–Trinajstić information content (AvgIpc) is 2.65. The van der Waals surface area contributed by atoms with Crippen molar-refractivity contribution >= 4 is 23.5 Å². The third kappa shape index (κ3) is 5.37. The first-order chi connectivity index (χ1) is 12.5. The van der Waals surface area contributed by atoms with Crippen LogP contribution in [-0.2, 0) is 11.3 Å². The minimum atomic E-state index is -0.102. The highest BCUT2D eigenvalue weighted by Gasteiger charge is 2.27. The summed E-state index contributed by atoms with van der Waals surface area (Å²) >= 11 is 6.16. The summed E-state index contributed by atoms with van der Waals surface area (Å²) in [4.78, 5) is 28.5. The van der Waals surface area contributed by atoms with Gasteiger partial charge in [0.25, 0.3) is 0 Å². The minimum absolute atomic E-state index is 0.102. The van der Waals surface area contributed by atoms with E-state index in [1.54, 1.807) is 11.9 Å². The Morgan fingerprint density at radius 3 is 2.42 bits per heavy atom. The van der Waals surface area contributed by atoms with Gasteiger partial charge in [-0.3, -0.25) is 4.79 Å². The second-order valence-corrected chi connectivity index (χ2v) is 7.42. The maximum Gasteiger partial charge on any atom is 0.317 e. The van der Waals surface area contributed by atoms with Gasteiger partial charge in [-0.05, 0) is 37.3 Å². The molecule has 0 unspecified atom stereocenters. The number of urea groups is 1. The molecule has 0 aliphatic carbocycles. The van der Waals surface area contributed by atoms with Crippen molar-refractivity contribution in [1.29, 1.82) is 0 Å². The number of nitrogens with zero attached hydrogens (tertiary/aromatic N) is 2. The Morgan fingerprint density at radius 2 is 1.85 bits per heavy atom. The summed E-state index contributed by atoms with van der Waals surface area (Å²) in [6.45, 7) is 6.03. The van der Waals surface area contributed by atoms with Gasteiger partial charge in [-0.1, -0.05) is 43.6 Å². The first kappa shape index (κ1) is 20.6. The van der Waals surface area contributed by atoms with Gasteiger partial charge in [-0.25, -0.2) is 4.79 Å². The summed E-state index contributed by atoms with van der Waals surface area (Å²) in [7, 11) is 1.77. The van der Waals surface area contributed by atoms with Gasteiger partial charge in [0.1, 0.15) is 0 Å². The first-order valence-corrected chi connectivity index (χ1v) is 9.87. The molecular formula is C20H30ClN3O2. The predicted molar refractivity (Wildman–Crippen MR) is 105 cm³/mol. The van der Waals surface area contributed by atoms with Crippen molar-refractivity contribution < 1.29 is 9.59 Å². The number of likely N-dealkylation sites (tertiary alicyclic amines) is 1. The monoisotopic (exact) mass is 379 g/mol. The van der Waals surface area contributed by atoms with Crippen molar-refractivity contribution in [3.8, 4) is 0 Å². The average molecular weight is 380 g/mol. The van der Waals surface area contributed by atoms with E-state index in [1.807, 2.05) is 29.2 Å². The second kappa shape index (κ2) is 9.81. The summed E-state index contributed by atoms with van der Waals surface area (Å²) in [5, 5.41) is 3.75. The molecule has 1 N–H and O–H groups in total. The summed E-state index contributed by atoms with van der Waals surface area (Å²) in [5.41, 5.74) is 0.928. The van der Waals surface area contributed by atoms with E-state index in [-0.39, 0.29) is 23.9 Å². The lowest BCUT2D eigenvalue weighted by molar-refractivity contribution is -0.136. The molecule has 6 heteroatoms. The Bertz CT molecular complexity index is 611. The molecule has 0 bridgehead atoms. The topological polar surface area (TPSA) is 52.7 Å². The van der Waals surface area contributed by atoms with E-state index in [2.05, 4.69) is 19.2 Å². The van der Waals surface area contributed by atoms with Gasteiger partial charge in [0, 0.05) is 43.7 Å². The van der Waals surface area contributed by atoms with Crippen molar-refractivity contribution in [2.24, 2.45) is 5.92 Å². The van der Waals surface area contributed by atoms with Crippen LogP contribution in [0.1, 0.15) is 45.1 Å². The molecule has 3 amide bonds. The predicted octanol–water partition coefficient (Wildman–Crippen LogP) is 3.91. The van der Waals surface area contributed by atoms with Crippen LogP contribution in [0, 0.1) is 5.92 Å². The number of carbonyl (C=O) groups excluding carboxylic acids is 2. The molecule has 0 atom stereocenters. The van der Waals surface area contributed by atoms with E-state index in [0.717, 1.165) is 31.2 Å². The Hall–Kier alpha value is -1.75. The van der Waals surface area contributed by atoms with Gasteiger partial charge in [-0.2, -0.15) is 0 Å². The van der Waals surface area contributed by atoms with Crippen molar-refractivity contribution in [2.45, 2.75) is 52.1 Å². The molecule has 5 nitrogen and oxygen atoms in total. The molecule has 1 fully saturated rings. The van der Waals surface area contributed by atoms with Crippen LogP contribution >= 0.6 is 11.6 Å². The number of hydrogen-bond donors (Lipinski definition) is 1. The van der Waals surface area contributed by atoms with Crippen LogP contribution in [-0.4, -0.2) is 47.9 Å². The maximum atomic E-state index is 12.5. The largest absolute Gasteiger partial charge is 0.342 e. The third-order valence-electron chi connectivity index (χ3n) is 5.18. The number of halogens is 1. The standard InChI is InChI=1S/C20H30ClN3O2/c1-4-15(5-2)19(25)24-12-10-17(11-13-24)22-20(26)23(3)14-16-8-6-7-9-18(16)21/h6-9,15,17H,4-5,10-14H2,1-3H3,(H,22,26). The molecular weight excluding hydrogens is 350 g/mol. The molecule has 1 aromatic rings. The number of hydrogen-bond acceptors (Lipinski definition) is 2. The number of amides is 3. The molecule has 1 aliphatic heterocycles. The number of nitrogens with one attached hydrogen (secondary N) is 1. The van der Waals surface area contributed by atoms with E-state index < -0.39 is 0 Å². The molecule has 0 spiro atoms. The van der Waals surface area contributed by atoms with E-state index in [0.29, 0.717) is 24.7 Å². The van der Waals surface area contributed by atoms with E-state index in [1.165, 1.54) is 0 Å². The highest BCUT2D eigenvalue weighted by atomic mass is 35.5. The van der Waals surface area contributed by atoms with Gasteiger partial charge >= 0.3 is 6.03 Å². The highest BCUT2D eigenvalue weighted by molar-refractivity contribution is 6.31. The normalized spacial score (nSPS) is 15.2. The Balaban J connectivity index is 1.80. The van der Waals surface area contributed by atoms with Crippen LogP contribution in [0.5, 0.6) is 0 Å². The smallest absolute Gasteiger partial charge is 0.317 e. The van der Waals surface area contributed by atoms with E-state index in [4.69, 9.17) is 11.6 Å². The molecule has 1 heterocycles. The summed E-state index contributed by atoms with van der Waals surface area (Å²) < 4.78 is 0. The zero-order valence-corrected chi connectivity index (χ0v) is 16.8. The van der Waals surface area contributed by atoms with Crippen molar-refractivity contribution in [3.63, 3.8) is 0 Å². The molecule has 144 valence electrons. The number of piperidine rings is 1. The second-order valence-electron chi connectivity index (χ2n) is 7.01. The maximum absolute atomic E-state index is 12.5. The Morgan fingerprint density at radius 1 is 1.23 bits per heavy atom. The molecule has 0 radical (unpaired) electrons. The van der Waals surface area contributed by atoms with Gasteiger partial charge < -0.3 is 15.1 Å². The van der Waals surface area contributed by atoms with E-state index in [9.17, 15) is 9.59 Å². The number of rotatable bonds is 6. The van der Waals surface area contributed by atoms with Crippen LogP contribution in [0.2, 0.25) is 5.02 Å². The zero-order chi connectivity index (χ0) is 19.1. The first-order valence-electron chi connectivity index (χ1n) is 9.50. The molecule has 1 saturated heterocycles. The Kier molecular flexibility index (Phi) is 7.76. The van der Waals surface area contributed by atoms with Crippen LogP contribution in [0.15, 0.2) is 24.3 Å². The Labute approximate surface area is 161 Å². The fourth-order valence-corrected chi connectivity index (χ4v) is 3.57. The molecule has 2 rings (SSSR count). The van der Waals surface area contributed by atoms with Crippen molar-refractivity contribution in [2.75, 3.05) is 20.1 Å². The molecule has 0 aromatic heterocycles. The molecule has 0 saturated carbocycles. The summed E-state index contributed by atoms with van der Waals surface area (Å²) in [6, 6.07) is 7.56.